The summed E-state index contributed by atoms with van der Waals surface area (Å²) < 4.78 is 16.1. The monoisotopic (exact) mass is 347 g/mol. The minimum atomic E-state index is -0.166. The van der Waals surface area contributed by atoms with Crippen LogP contribution < -0.4 is 5.32 Å². The Labute approximate surface area is 147 Å². The van der Waals surface area contributed by atoms with Gasteiger partial charge in [0.05, 0.1) is 17.8 Å². The van der Waals surface area contributed by atoms with Gasteiger partial charge in [-0.05, 0) is 45.7 Å². The number of hydrogen-bond acceptors (Lipinski definition) is 5. The number of aryl methyl sites for hydroxylation is 2. The Balaban J connectivity index is 1.70. The maximum absolute atomic E-state index is 12.8. The maximum atomic E-state index is 12.8. The minimum Gasteiger partial charge on any atom is -0.461 e. The molecule has 3 heterocycles. The number of amides is 2. The number of urea groups is 1. The van der Waals surface area contributed by atoms with Gasteiger partial charge in [-0.3, -0.25) is 0 Å². The van der Waals surface area contributed by atoms with Crippen molar-refractivity contribution in [2.24, 2.45) is 0 Å². The fraction of sp³-hybridized carbons (Fsp3) is 0.556. The molecule has 0 aromatic carbocycles. The summed E-state index contributed by atoms with van der Waals surface area (Å²) in [5.74, 6) is 2.32. The third-order valence-electron chi connectivity index (χ3n) is 4.67. The molecule has 1 aliphatic rings. The summed E-state index contributed by atoms with van der Waals surface area (Å²) >= 11 is 0. The minimum absolute atomic E-state index is 0.0394. The number of ether oxygens (including phenoxy) is 1. The van der Waals surface area contributed by atoms with E-state index in [-0.39, 0.29) is 18.1 Å². The SMILES string of the molecule is COCc1ccc(C2CCCN2C(=O)NC(C)c2c(C)noc2C)o1. The van der Waals surface area contributed by atoms with Crippen LogP contribution in [-0.4, -0.2) is 29.7 Å². The number of methoxy groups -OCH3 is 1. The van der Waals surface area contributed by atoms with Gasteiger partial charge >= 0.3 is 6.03 Å². The van der Waals surface area contributed by atoms with Gasteiger partial charge in [0.2, 0.25) is 0 Å². The summed E-state index contributed by atoms with van der Waals surface area (Å²) in [5, 5.41) is 7.02. The Morgan fingerprint density at radius 2 is 2.28 bits per heavy atom. The average Bonchev–Trinajstić information content (AvgIpc) is 3.27. The molecular weight excluding hydrogens is 322 g/mol. The summed E-state index contributed by atoms with van der Waals surface area (Å²) in [4.78, 5) is 14.6. The number of rotatable bonds is 5. The van der Waals surface area contributed by atoms with Gasteiger partial charge in [-0.1, -0.05) is 5.16 Å². The van der Waals surface area contributed by atoms with E-state index in [1.807, 2.05) is 37.8 Å². The Kier molecular flexibility index (Phi) is 5.13. The summed E-state index contributed by atoms with van der Waals surface area (Å²) in [7, 11) is 1.63. The van der Waals surface area contributed by atoms with Crippen LogP contribution in [0.4, 0.5) is 4.79 Å². The van der Waals surface area contributed by atoms with E-state index in [4.69, 9.17) is 13.7 Å². The zero-order valence-corrected chi connectivity index (χ0v) is 15.2. The van der Waals surface area contributed by atoms with E-state index in [0.717, 1.165) is 41.4 Å². The van der Waals surface area contributed by atoms with Gasteiger partial charge in [0.15, 0.2) is 0 Å². The number of aromatic nitrogens is 1. The van der Waals surface area contributed by atoms with Crippen LogP contribution in [0.3, 0.4) is 0 Å². The largest absolute Gasteiger partial charge is 0.461 e. The number of nitrogens with zero attached hydrogens (tertiary/aromatic N) is 2. The van der Waals surface area contributed by atoms with Crippen molar-refractivity contribution in [3.8, 4) is 0 Å². The van der Waals surface area contributed by atoms with E-state index in [2.05, 4.69) is 10.5 Å². The summed E-state index contributed by atoms with van der Waals surface area (Å²) in [6.45, 7) is 6.83. The summed E-state index contributed by atoms with van der Waals surface area (Å²) in [5.41, 5.74) is 1.74. The van der Waals surface area contributed by atoms with Crippen molar-refractivity contribution in [1.82, 2.24) is 15.4 Å². The standard InChI is InChI=1S/C18H25N3O4/c1-11(17-12(2)20-25-13(17)3)19-18(22)21-9-5-6-15(21)16-8-7-14(24-16)10-23-4/h7-8,11,15H,5-6,9-10H2,1-4H3,(H,19,22). The van der Waals surface area contributed by atoms with Crippen LogP contribution in [0.25, 0.3) is 0 Å². The fourth-order valence-corrected chi connectivity index (χ4v) is 3.55. The second kappa shape index (κ2) is 7.31. The molecule has 0 saturated carbocycles. The molecule has 1 fully saturated rings. The van der Waals surface area contributed by atoms with E-state index in [1.165, 1.54) is 0 Å². The van der Waals surface area contributed by atoms with E-state index in [0.29, 0.717) is 13.2 Å². The number of likely N-dealkylation sites (tertiary alicyclic amines) is 1. The molecule has 2 unspecified atom stereocenters. The molecule has 7 heteroatoms. The van der Waals surface area contributed by atoms with Crippen molar-refractivity contribution in [3.63, 3.8) is 0 Å². The predicted octanol–water partition coefficient (Wildman–Crippen LogP) is 3.64. The van der Waals surface area contributed by atoms with Gasteiger partial charge in [-0.2, -0.15) is 0 Å². The number of carbonyl (C=O) groups is 1. The van der Waals surface area contributed by atoms with Crippen molar-refractivity contribution in [2.75, 3.05) is 13.7 Å². The lowest BCUT2D eigenvalue weighted by atomic mass is 10.1. The molecular formula is C18H25N3O4. The molecule has 0 aliphatic carbocycles. The van der Waals surface area contributed by atoms with Gasteiger partial charge < -0.3 is 23.9 Å². The molecule has 0 spiro atoms. The molecule has 2 aromatic rings. The first kappa shape index (κ1) is 17.5. The van der Waals surface area contributed by atoms with Crippen molar-refractivity contribution in [3.05, 3.63) is 40.7 Å². The van der Waals surface area contributed by atoms with Crippen LogP contribution in [-0.2, 0) is 11.3 Å². The van der Waals surface area contributed by atoms with Gasteiger partial charge in [0, 0.05) is 19.2 Å². The first-order valence-electron chi connectivity index (χ1n) is 8.58. The van der Waals surface area contributed by atoms with Crippen molar-refractivity contribution in [1.29, 1.82) is 0 Å². The third-order valence-corrected chi connectivity index (χ3v) is 4.67. The molecule has 2 amide bonds. The molecule has 0 bridgehead atoms. The topological polar surface area (TPSA) is 80.7 Å². The van der Waals surface area contributed by atoms with Crippen molar-refractivity contribution >= 4 is 6.03 Å². The number of nitrogens with one attached hydrogen (secondary N) is 1. The molecule has 1 saturated heterocycles. The smallest absolute Gasteiger partial charge is 0.318 e. The molecule has 136 valence electrons. The van der Waals surface area contributed by atoms with Crippen LogP contribution in [0.15, 0.2) is 21.1 Å². The second-order valence-corrected chi connectivity index (χ2v) is 6.50. The predicted molar refractivity (Wildman–Crippen MR) is 91.0 cm³/mol. The Morgan fingerprint density at radius 1 is 1.48 bits per heavy atom. The fourth-order valence-electron chi connectivity index (χ4n) is 3.55. The van der Waals surface area contributed by atoms with Crippen LogP contribution >= 0.6 is 0 Å². The van der Waals surface area contributed by atoms with Crippen LogP contribution in [0, 0.1) is 13.8 Å². The number of carbonyl (C=O) groups excluding carboxylic acids is 1. The van der Waals surface area contributed by atoms with Gasteiger partial charge in [-0.15, -0.1) is 0 Å². The normalized spacial score (nSPS) is 18.6. The highest BCUT2D eigenvalue weighted by molar-refractivity contribution is 5.75. The second-order valence-electron chi connectivity index (χ2n) is 6.50. The molecule has 2 atom stereocenters. The van der Waals surface area contributed by atoms with E-state index >= 15 is 0 Å². The maximum Gasteiger partial charge on any atom is 0.318 e. The molecule has 3 rings (SSSR count). The quantitative estimate of drug-likeness (QED) is 0.893. The summed E-state index contributed by atoms with van der Waals surface area (Å²) in [6.07, 6.45) is 1.85. The summed E-state index contributed by atoms with van der Waals surface area (Å²) in [6, 6.07) is 3.53. The highest BCUT2D eigenvalue weighted by atomic mass is 16.5. The highest BCUT2D eigenvalue weighted by Gasteiger charge is 2.33. The lowest BCUT2D eigenvalue weighted by Gasteiger charge is -2.25. The average molecular weight is 347 g/mol. The van der Waals surface area contributed by atoms with Crippen LogP contribution in [0.2, 0.25) is 0 Å². The van der Waals surface area contributed by atoms with Crippen molar-refractivity contribution < 1.29 is 18.5 Å². The Hall–Kier alpha value is -2.28. The molecule has 0 radical (unpaired) electrons. The first-order valence-corrected chi connectivity index (χ1v) is 8.58. The van der Waals surface area contributed by atoms with E-state index < -0.39 is 0 Å². The van der Waals surface area contributed by atoms with Crippen molar-refractivity contribution in [2.45, 2.75) is 52.3 Å². The van der Waals surface area contributed by atoms with E-state index in [1.54, 1.807) is 7.11 Å². The lowest BCUT2D eigenvalue weighted by molar-refractivity contribution is 0.155. The molecule has 1 aliphatic heterocycles. The van der Waals surface area contributed by atoms with Gasteiger partial charge in [0.1, 0.15) is 23.9 Å². The van der Waals surface area contributed by atoms with Gasteiger partial charge in [-0.25, -0.2) is 4.79 Å². The Bertz CT molecular complexity index is 717. The zero-order valence-electron chi connectivity index (χ0n) is 15.2. The molecule has 25 heavy (non-hydrogen) atoms. The highest BCUT2D eigenvalue weighted by Crippen LogP contribution is 2.33. The zero-order chi connectivity index (χ0) is 18.0. The molecule has 2 aromatic heterocycles. The first-order chi connectivity index (χ1) is 12.0. The van der Waals surface area contributed by atoms with Gasteiger partial charge in [0.25, 0.3) is 0 Å². The third kappa shape index (κ3) is 3.56. The Morgan fingerprint density at radius 3 is 2.96 bits per heavy atom. The molecule has 1 N–H and O–H groups in total. The van der Waals surface area contributed by atoms with Crippen LogP contribution in [0.1, 0.15) is 60.4 Å². The van der Waals surface area contributed by atoms with Crippen LogP contribution in [0.5, 0.6) is 0 Å². The lowest BCUT2D eigenvalue weighted by Crippen LogP contribution is -2.40. The number of hydrogen-bond donors (Lipinski definition) is 1. The van der Waals surface area contributed by atoms with E-state index in [9.17, 15) is 4.79 Å². The number of furan rings is 1. The molecule has 7 nitrogen and oxygen atoms in total.